The molecule has 0 fully saturated rings. The van der Waals surface area contributed by atoms with Gasteiger partial charge < -0.3 is 5.32 Å². The van der Waals surface area contributed by atoms with Gasteiger partial charge in [0.2, 0.25) is 0 Å². The Kier molecular flexibility index (Phi) is 5.37. The third kappa shape index (κ3) is 4.52. The molecular weight excluding hydrogens is 354 g/mol. The summed E-state index contributed by atoms with van der Waals surface area (Å²) in [5.74, 6) is -0.143. The van der Waals surface area contributed by atoms with Gasteiger partial charge in [-0.1, -0.05) is 54.0 Å². The summed E-state index contributed by atoms with van der Waals surface area (Å²) in [6.07, 6.45) is 0. The smallest absolute Gasteiger partial charge is 0.251 e. The molecule has 3 nitrogen and oxygen atoms in total. The number of Topliss-reactive ketones (excluding diaryl/α,β-unsaturated/α-hetero) is 1. The molecule has 2 aromatic rings. The van der Waals surface area contributed by atoms with Crippen LogP contribution in [0.25, 0.3) is 0 Å². The fourth-order valence-corrected chi connectivity index (χ4v) is 2.67. The van der Waals surface area contributed by atoms with E-state index in [0.717, 1.165) is 10.0 Å². The minimum Gasteiger partial charge on any atom is -0.351 e. The molecule has 2 aromatic carbocycles. The molecule has 2 rings (SSSR count). The molecule has 0 saturated heterocycles. The normalized spacial score (nSPS) is 11.1. The molecular formula is C19H20BrNO2. The van der Waals surface area contributed by atoms with Crippen LogP contribution in [0.2, 0.25) is 0 Å². The van der Waals surface area contributed by atoms with Gasteiger partial charge in [-0.3, -0.25) is 9.59 Å². The van der Waals surface area contributed by atoms with Crippen LogP contribution in [-0.4, -0.2) is 18.2 Å². The third-order valence-corrected chi connectivity index (χ3v) is 4.34. The lowest BCUT2D eigenvalue weighted by Crippen LogP contribution is -2.36. The van der Waals surface area contributed by atoms with Crippen molar-refractivity contribution in [1.29, 1.82) is 0 Å². The molecule has 0 saturated carbocycles. The van der Waals surface area contributed by atoms with Crippen molar-refractivity contribution in [3.05, 3.63) is 69.7 Å². The van der Waals surface area contributed by atoms with Gasteiger partial charge in [0.25, 0.3) is 5.91 Å². The Balaban J connectivity index is 2.04. The second-order valence-corrected chi connectivity index (χ2v) is 7.13. The predicted octanol–water partition coefficient (Wildman–Crippen LogP) is 4.36. The van der Waals surface area contributed by atoms with Crippen LogP contribution in [0.5, 0.6) is 0 Å². The number of halogens is 1. The van der Waals surface area contributed by atoms with Crippen molar-refractivity contribution in [1.82, 2.24) is 5.32 Å². The molecule has 0 aromatic heterocycles. The predicted molar refractivity (Wildman–Crippen MR) is 95.9 cm³/mol. The van der Waals surface area contributed by atoms with E-state index in [2.05, 4.69) is 47.2 Å². The monoisotopic (exact) mass is 373 g/mol. The lowest BCUT2D eigenvalue weighted by molar-refractivity contribution is 0.0943. The second kappa shape index (κ2) is 7.09. The molecule has 0 heterocycles. The summed E-state index contributed by atoms with van der Waals surface area (Å²) in [6.45, 7) is 6.22. The molecule has 0 unspecified atom stereocenters. The summed E-state index contributed by atoms with van der Waals surface area (Å²) in [6, 6.07) is 14.8. The highest BCUT2D eigenvalue weighted by Crippen LogP contribution is 2.25. The first kappa shape index (κ1) is 17.4. The molecule has 0 aliphatic rings. The number of rotatable bonds is 5. The summed E-state index contributed by atoms with van der Waals surface area (Å²) in [4.78, 5) is 23.5. The Morgan fingerprint density at radius 2 is 1.65 bits per heavy atom. The van der Waals surface area contributed by atoms with Crippen LogP contribution in [0.1, 0.15) is 47.1 Å². The van der Waals surface area contributed by atoms with Gasteiger partial charge >= 0.3 is 0 Å². The molecule has 0 aliphatic carbocycles. The van der Waals surface area contributed by atoms with Gasteiger partial charge in [-0.25, -0.2) is 0 Å². The number of hydrogen-bond acceptors (Lipinski definition) is 2. The van der Waals surface area contributed by atoms with E-state index in [-0.39, 0.29) is 17.1 Å². The van der Waals surface area contributed by atoms with E-state index in [9.17, 15) is 9.59 Å². The van der Waals surface area contributed by atoms with Gasteiger partial charge in [0.05, 0.1) is 0 Å². The van der Waals surface area contributed by atoms with Crippen molar-refractivity contribution >= 4 is 27.6 Å². The molecule has 0 radical (unpaired) electrons. The van der Waals surface area contributed by atoms with Crippen LogP contribution in [0.3, 0.4) is 0 Å². The first-order chi connectivity index (χ1) is 10.8. The third-order valence-electron chi connectivity index (χ3n) is 3.85. The van der Waals surface area contributed by atoms with Gasteiger partial charge in [0.1, 0.15) is 0 Å². The Hall–Kier alpha value is -1.94. The van der Waals surface area contributed by atoms with E-state index in [1.54, 1.807) is 24.3 Å². The Morgan fingerprint density at radius 3 is 2.22 bits per heavy atom. The van der Waals surface area contributed by atoms with Crippen LogP contribution < -0.4 is 5.32 Å². The fourth-order valence-electron chi connectivity index (χ4n) is 2.27. The molecule has 0 bridgehead atoms. The quantitative estimate of drug-likeness (QED) is 0.791. The highest BCUT2D eigenvalue weighted by molar-refractivity contribution is 9.10. The minimum atomic E-state index is -0.182. The van der Waals surface area contributed by atoms with Crippen LogP contribution in [-0.2, 0) is 5.41 Å². The van der Waals surface area contributed by atoms with E-state index in [0.29, 0.717) is 17.7 Å². The lowest BCUT2D eigenvalue weighted by atomic mass is 9.84. The topological polar surface area (TPSA) is 46.2 Å². The van der Waals surface area contributed by atoms with Gasteiger partial charge in [-0.15, -0.1) is 0 Å². The maximum Gasteiger partial charge on any atom is 0.251 e. The van der Waals surface area contributed by atoms with E-state index >= 15 is 0 Å². The number of carbonyl (C=O) groups is 2. The average molecular weight is 374 g/mol. The maximum absolute atomic E-state index is 12.3. The van der Waals surface area contributed by atoms with Gasteiger partial charge in [0.15, 0.2) is 5.78 Å². The van der Waals surface area contributed by atoms with Gasteiger partial charge in [-0.05, 0) is 36.8 Å². The van der Waals surface area contributed by atoms with Crippen LogP contribution in [0.15, 0.2) is 53.0 Å². The number of ketones is 1. The zero-order valence-electron chi connectivity index (χ0n) is 13.5. The number of benzene rings is 2. The fraction of sp³-hybridized carbons (Fsp3) is 0.263. The number of amides is 1. The van der Waals surface area contributed by atoms with Gasteiger partial charge in [0, 0.05) is 27.6 Å². The Labute approximate surface area is 145 Å². The van der Waals surface area contributed by atoms with Crippen molar-refractivity contribution in [3.8, 4) is 0 Å². The summed E-state index contributed by atoms with van der Waals surface area (Å²) < 4.78 is 1.02. The molecule has 120 valence electrons. The highest BCUT2D eigenvalue weighted by atomic mass is 79.9. The molecule has 1 amide bonds. The first-order valence-electron chi connectivity index (χ1n) is 7.45. The summed E-state index contributed by atoms with van der Waals surface area (Å²) in [5, 5.41) is 2.97. The first-order valence-corrected chi connectivity index (χ1v) is 8.24. The summed E-state index contributed by atoms with van der Waals surface area (Å²) in [7, 11) is 0. The molecule has 23 heavy (non-hydrogen) atoms. The molecule has 0 aliphatic heterocycles. The van der Waals surface area contributed by atoms with E-state index in [1.807, 2.05) is 12.1 Å². The van der Waals surface area contributed by atoms with Crippen LogP contribution in [0, 0.1) is 0 Å². The summed E-state index contributed by atoms with van der Waals surface area (Å²) >= 11 is 3.47. The Bertz CT molecular complexity index is 720. The van der Waals surface area contributed by atoms with Crippen LogP contribution in [0.4, 0.5) is 0 Å². The largest absolute Gasteiger partial charge is 0.351 e. The zero-order valence-corrected chi connectivity index (χ0v) is 15.1. The molecule has 1 N–H and O–H groups in total. The van der Waals surface area contributed by atoms with Crippen molar-refractivity contribution in [2.24, 2.45) is 0 Å². The lowest BCUT2D eigenvalue weighted by Gasteiger charge is -2.26. The SMILES string of the molecule is CC(=O)c1ccc(C(=O)NCC(C)(C)c2cccc(Br)c2)cc1. The number of nitrogens with one attached hydrogen (secondary N) is 1. The second-order valence-electron chi connectivity index (χ2n) is 6.21. The van der Waals surface area contributed by atoms with E-state index in [4.69, 9.17) is 0 Å². The van der Waals surface area contributed by atoms with Crippen molar-refractivity contribution < 1.29 is 9.59 Å². The van der Waals surface area contributed by atoms with Crippen LogP contribution >= 0.6 is 15.9 Å². The summed E-state index contributed by atoms with van der Waals surface area (Å²) in [5.41, 5.74) is 2.13. The van der Waals surface area contributed by atoms with Gasteiger partial charge in [-0.2, -0.15) is 0 Å². The van der Waals surface area contributed by atoms with E-state index < -0.39 is 0 Å². The number of hydrogen-bond donors (Lipinski definition) is 1. The average Bonchev–Trinajstić information content (AvgIpc) is 2.53. The zero-order chi connectivity index (χ0) is 17.0. The van der Waals surface area contributed by atoms with E-state index in [1.165, 1.54) is 6.92 Å². The molecule has 0 atom stereocenters. The standard InChI is InChI=1S/C19H20BrNO2/c1-13(22)14-7-9-15(10-8-14)18(23)21-12-19(2,3)16-5-4-6-17(20)11-16/h4-11H,12H2,1-3H3,(H,21,23). The number of carbonyl (C=O) groups excluding carboxylic acids is 2. The molecule has 0 spiro atoms. The minimum absolute atomic E-state index is 0.00672. The van der Waals surface area contributed by atoms with Crippen molar-refractivity contribution in [2.75, 3.05) is 6.54 Å². The maximum atomic E-state index is 12.3. The molecule has 4 heteroatoms. The highest BCUT2D eigenvalue weighted by Gasteiger charge is 2.22. The Morgan fingerprint density at radius 1 is 1.04 bits per heavy atom. The van der Waals surface area contributed by atoms with Crippen molar-refractivity contribution in [2.45, 2.75) is 26.2 Å². The van der Waals surface area contributed by atoms with Crippen molar-refractivity contribution in [3.63, 3.8) is 0 Å².